The number of aliphatic hydroxyl groups excluding tert-OH is 1. The minimum atomic E-state index is -0.412. The molecule has 1 heterocycles. The summed E-state index contributed by atoms with van der Waals surface area (Å²) in [5.41, 5.74) is 1.17. The summed E-state index contributed by atoms with van der Waals surface area (Å²) < 4.78 is 16.0. The number of imide groups is 1. The largest absolute Gasteiger partial charge is 0.497 e. The lowest BCUT2D eigenvalue weighted by atomic mass is 10.0. The molecule has 0 spiro atoms. The van der Waals surface area contributed by atoms with Crippen LogP contribution in [0.2, 0.25) is 0 Å². The van der Waals surface area contributed by atoms with Crippen LogP contribution in [0.15, 0.2) is 54.2 Å². The maximum Gasteiger partial charge on any atom is 0.277 e. The van der Waals surface area contributed by atoms with E-state index in [1.165, 1.54) is 4.90 Å². The maximum atomic E-state index is 13.2. The average molecular weight is 426 g/mol. The second-order valence-electron chi connectivity index (χ2n) is 6.88. The van der Waals surface area contributed by atoms with Gasteiger partial charge in [-0.25, -0.2) is 0 Å². The van der Waals surface area contributed by atoms with Crippen LogP contribution in [0.4, 0.5) is 0 Å². The Bertz CT molecular complexity index is 953. The zero-order valence-electron chi connectivity index (χ0n) is 17.8. The Morgan fingerprint density at radius 2 is 1.42 bits per heavy atom. The third-order valence-corrected chi connectivity index (χ3v) is 4.98. The molecule has 3 rings (SSSR count). The molecule has 0 bridgehead atoms. The van der Waals surface area contributed by atoms with Gasteiger partial charge in [-0.05, 0) is 42.0 Å². The standard InChI is InChI=1S/C23H26N2O6/c1-24(12-14-26)21-20(16-4-6-17(29-2)7-5-16)22(27)25(23(21)28)13-15-31-19-10-8-18(30-3)9-11-19/h4-11,26H,12-15H2,1-3H3. The van der Waals surface area contributed by atoms with E-state index in [9.17, 15) is 14.7 Å². The highest BCUT2D eigenvalue weighted by Gasteiger charge is 2.40. The van der Waals surface area contributed by atoms with Crippen LogP contribution < -0.4 is 14.2 Å². The molecule has 8 nitrogen and oxygen atoms in total. The molecule has 1 N–H and O–H groups in total. The number of hydrogen-bond donors (Lipinski definition) is 1. The molecule has 0 saturated carbocycles. The molecular weight excluding hydrogens is 400 g/mol. The first-order chi connectivity index (χ1) is 15.0. The fraction of sp³-hybridized carbons (Fsp3) is 0.304. The number of carbonyl (C=O) groups excluding carboxylic acids is 2. The second kappa shape index (κ2) is 9.99. The Labute approximate surface area is 181 Å². The zero-order chi connectivity index (χ0) is 22.4. The van der Waals surface area contributed by atoms with Crippen LogP contribution in [0.5, 0.6) is 17.2 Å². The van der Waals surface area contributed by atoms with Gasteiger partial charge in [0, 0.05) is 13.6 Å². The summed E-state index contributed by atoms with van der Waals surface area (Å²) in [6.07, 6.45) is 0. The van der Waals surface area contributed by atoms with E-state index in [2.05, 4.69) is 0 Å². The number of hydrogen-bond acceptors (Lipinski definition) is 7. The molecule has 2 aromatic rings. The van der Waals surface area contributed by atoms with E-state index in [4.69, 9.17) is 14.2 Å². The number of nitrogens with zero attached hydrogens (tertiary/aromatic N) is 2. The first-order valence-corrected chi connectivity index (χ1v) is 9.84. The fourth-order valence-electron chi connectivity index (χ4n) is 3.33. The zero-order valence-corrected chi connectivity index (χ0v) is 17.8. The van der Waals surface area contributed by atoms with Crippen molar-refractivity contribution in [1.29, 1.82) is 0 Å². The van der Waals surface area contributed by atoms with Crippen LogP contribution in [0, 0.1) is 0 Å². The molecule has 0 radical (unpaired) electrons. The second-order valence-corrected chi connectivity index (χ2v) is 6.88. The Morgan fingerprint density at radius 1 is 0.871 bits per heavy atom. The highest BCUT2D eigenvalue weighted by molar-refractivity contribution is 6.35. The molecule has 1 aliphatic rings. The van der Waals surface area contributed by atoms with Gasteiger partial charge in [-0.3, -0.25) is 14.5 Å². The van der Waals surface area contributed by atoms with Gasteiger partial charge in [-0.2, -0.15) is 0 Å². The third-order valence-electron chi connectivity index (χ3n) is 4.98. The minimum Gasteiger partial charge on any atom is -0.497 e. The number of rotatable bonds is 10. The van der Waals surface area contributed by atoms with Gasteiger partial charge in [0.15, 0.2) is 0 Å². The van der Waals surface area contributed by atoms with Crippen molar-refractivity contribution >= 4 is 17.4 Å². The van der Waals surface area contributed by atoms with Crippen molar-refractivity contribution < 1.29 is 28.9 Å². The van der Waals surface area contributed by atoms with Crippen LogP contribution in [0.3, 0.4) is 0 Å². The third kappa shape index (κ3) is 4.80. The predicted molar refractivity (Wildman–Crippen MR) is 115 cm³/mol. The normalized spacial score (nSPS) is 13.6. The molecule has 0 saturated heterocycles. The summed E-state index contributed by atoms with van der Waals surface area (Å²) in [7, 11) is 4.82. The molecule has 0 aliphatic carbocycles. The van der Waals surface area contributed by atoms with Crippen molar-refractivity contribution in [2.75, 3.05) is 47.6 Å². The van der Waals surface area contributed by atoms with Gasteiger partial charge >= 0.3 is 0 Å². The summed E-state index contributed by atoms with van der Waals surface area (Å²) in [5.74, 6) is 1.16. The lowest BCUT2D eigenvalue weighted by Gasteiger charge is -2.20. The summed E-state index contributed by atoms with van der Waals surface area (Å²) in [6, 6.07) is 14.0. The Balaban J connectivity index is 1.78. The minimum absolute atomic E-state index is 0.0970. The molecule has 0 unspecified atom stereocenters. The highest BCUT2D eigenvalue weighted by atomic mass is 16.5. The van der Waals surface area contributed by atoms with Crippen molar-refractivity contribution in [3.8, 4) is 17.2 Å². The summed E-state index contributed by atoms with van der Waals surface area (Å²) >= 11 is 0. The molecule has 1 aliphatic heterocycles. The summed E-state index contributed by atoms with van der Waals surface area (Å²) in [6.45, 7) is 0.332. The van der Waals surface area contributed by atoms with Crippen molar-refractivity contribution in [2.45, 2.75) is 0 Å². The summed E-state index contributed by atoms with van der Waals surface area (Å²) in [5, 5.41) is 9.33. The van der Waals surface area contributed by atoms with Crippen molar-refractivity contribution in [3.05, 3.63) is 59.8 Å². The number of benzene rings is 2. The van der Waals surface area contributed by atoms with Crippen molar-refractivity contribution in [2.24, 2.45) is 0 Å². The number of methoxy groups -OCH3 is 2. The van der Waals surface area contributed by atoms with E-state index in [0.717, 1.165) is 0 Å². The SMILES string of the molecule is COc1ccc(OCCN2C(=O)C(c3ccc(OC)cc3)=C(N(C)CCO)C2=O)cc1. The lowest BCUT2D eigenvalue weighted by molar-refractivity contribution is -0.137. The van der Waals surface area contributed by atoms with Crippen LogP contribution >= 0.6 is 0 Å². The maximum absolute atomic E-state index is 13.2. The molecule has 0 atom stereocenters. The molecule has 8 heteroatoms. The fourth-order valence-corrected chi connectivity index (χ4v) is 3.33. The van der Waals surface area contributed by atoms with Crippen LogP contribution in [0.25, 0.3) is 5.57 Å². The molecule has 2 amide bonds. The van der Waals surface area contributed by atoms with E-state index in [1.54, 1.807) is 74.7 Å². The number of aliphatic hydroxyl groups is 1. The average Bonchev–Trinajstić information content (AvgIpc) is 3.04. The Morgan fingerprint density at radius 3 is 1.97 bits per heavy atom. The Kier molecular flexibility index (Phi) is 7.15. The van der Waals surface area contributed by atoms with Gasteiger partial charge in [-0.1, -0.05) is 12.1 Å². The van der Waals surface area contributed by atoms with Gasteiger partial charge in [0.25, 0.3) is 11.8 Å². The monoisotopic (exact) mass is 426 g/mol. The molecule has 31 heavy (non-hydrogen) atoms. The van der Waals surface area contributed by atoms with E-state index in [0.29, 0.717) is 28.4 Å². The smallest absolute Gasteiger partial charge is 0.277 e. The van der Waals surface area contributed by atoms with Crippen LogP contribution in [0.1, 0.15) is 5.56 Å². The molecule has 0 aromatic heterocycles. The number of carbonyl (C=O) groups is 2. The van der Waals surface area contributed by atoms with E-state index in [-0.39, 0.29) is 32.0 Å². The topological polar surface area (TPSA) is 88.5 Å². The van der Waals surface area contributed by atoms with Crippen molar-refractivity contribution in [1.82, 2.24) is 9.80 Å². The highest BCUT2D eigenvalue weighted by Crippen LogP contribution is 2.31. The molecule has 164 valence electrons. The van der Waals surface area contributed by atoms with Crippen LogP contribution in [-0.4, -0.2) is 74.3 Å². The van der Waals surface area contributed by atoms with Gasteiger partial charge in [0.2, 0.25) is 0 Å². The molecule has 0 fully saturated rings. The van der Waals surface area contributed by atoms with Gasteiger partial charge in [-0.15, -0.1) is 0 Å². The first kappa shape index (κ1) is 22.2. The Hall–Kier alpha value is -3.52. The van der Waals surface area contributed by atoms with Gasteiger partial charge < -0.3 is 24.2 Å². The molecule has 2 aromatic carbocycles. The van der Waals surface area contributed by atoms with Gasteiger partial charge in [0.1, 0.15) is 29.6 Å². The number of amides is 2. The number of likely N-dealkylation sites (N-methyl/N-ethyl adjacent to an activating group) is 1. The predicted octanol–water partition coefficient (Wildman–Crippen LogP) is 1.79. The summed E-state index contributed by atoms with van der Waals surface area (Å²) in [4.78, 5) is 29.0. The van der Waals surface area contributed by atoms with Crippen LogP contribution in [-0.2, 0) is 9.59 Å². The first-order valence-electron chi connectivity index (χ1n) is 9.84. The van der Waals surface area contributed by atoms with E-state index < -0.39 is 11.8 Å². The van der Waals surface area contributed by atoms with E-state index in [1.807, 2.05) is 0 Å². The van der Waals surface area contributed by atoms with Crippen molar-refractivity contribution in [3.63, 3.8) is 0 Å². The molecular formula is C23H26N2O6. The van der Waals surface area contributed by atoms with E-state index >= 15 is 0 Å². The van der Waals surface area contributed by atoms with Gasteiger partial charge in [0.05, 0.1) is 32.9 Å². The number of ether oxygens (including phenoxy) is 3. The quantitative estimate of drug-likeness (QED) is 0.580. The lowest BCUT2D eigenvalue weighted by Crippen LogP contribution is -2.37.